The maximum atomic E-state index is 11.6. The Bertz CT molecular complexity index is 810. The van der Waals surface area contributed by atoms with E-state index in [1.807, 2.05) is 0 Å². The van der Waals surface area contributed by atoms with Gasteiger partial charge in [-0.05, 0) is 35.4 Å². The van der Waals surface area contributed by atoms with Crippen LogP contribution in [0.15, 0.2) is 42.6 Å². The second-order valence-electron chi connectivity index (χ2n) is 6.26. The van der Waals surface area contributed by atoms with Gasteiger partial charge in [-0.3, -0.25) is 0 Å². The molecule has 3 rings (SSSR count). The topological polar surface area (TPSA) is 139 Å². The molecule has 1 fully saturated rings. The van der Waals surface area contributed by atoms with E-state index in [0.29, 0.717) is 5.75 Å². The third-order valence-electron chi connectivity index (χ3n) is 4.44. The van der Waals surface area contributed by atoms with Crippen LogP contribution in [0.2, 0.25) is 0 Å². The van der Waals surface area contributed by atoms with Gasteiger partial charge in [-0.2, -0.15) is 0 Å². The molecule has 0 spiro atoms. The van der Waals surface area contributed by atoms with Gasteiger partial charge in [-0.25, -0.2) is 9.78 Å². The maximum absolute atomic E-state index is 11.6. The van der Waals surface area contributed by atoms with Gasteiger partial charge in [0, 0.05) is 6.20 Å². The van der Waals surface area contributed by atoms with Gasteiger partial charge < -0.3 is 34.6 Å². The van der Waals surface area contributed by atoms with Crippen LogP contribution in [-0.4, -0.2) is 75.8 Å². The van der Waals surface area contributed by atoms with Crippen molar-refractivity contribution in [2.45, 2.75) is 30.7 Å². The number of aliphatic hydroxyl groups excluding tert-OH is 4. The van der Waals surface area contributed by atoms with Crippen molar-refractivity contribution < 1.29 is 39.4 Å². The van der Waals surface area contributed by atoms with Gasteiger partial charge in [0.05, 0.1) is 13.7 Å². The van der Waals surface area contributed by atoms with Gasteiger partial charge in [0.25, 0.3) is 0 Å². The van der Waals surface area contributed by atoms with Crippen molar-refractivity contribution in [3.05, 3.63) is 48.3 Å². The summed E-state index contributed by atoms with van der Waals surface area (Å²) in [4.78, 5) is 15.6. The third-order valence-corrected chi connectivity index (χ3v) is 4.44. The molecule has 0 radical (unpaired) electrons. The summed E-state index contributed by atoms with van der Waals surface area (Å²) in [6.45, 7) is -0.533. The van der Waals surface area contributed by atoms with Crippen molar-refractivity contribution in [1.29, 1.82) is 0 Å². The largest absolute Gasteiger partial charge is 0.464 e. The van der Waals surface area contributed by atoms with Crippen LogP contribution in [0.4, 0.5) is 0 Å². The lowest BCUT2D eigenvalue weighted by atomic mass is 9.99. The number of carbonyl (C=O) groups is 1. The summed E-state index contributed by atoms with van der Waals surface area (Å²) in [5.74, 6) is -0.195. The number of aromatic nitrogens is 1. The molecule has 9 heteroatoms. The number of aliphatic hydroxyl groups is 4. The lowest BCUT2D eigenvalue weighted by Crippen LogP contribution is -2.60. The van der Waals surface area contributed by atoms with Gasteiger partial charge >= 0.3 is 5.97 Å². The lowest BCUT2D eigenvalue weighted by Gasteiger charge is -2.39. The summed E-state index contributed by atoms with van der Waals surface area (Å²) in [5.41, 5.74) is 1.71. The van der Waals surface area contributed by atoms with Crippen LogP contribution in [0.25, 0.3) is 11.1 Å². The monoisotopic (exact) mass is 391 g/mol. The fraction of sp³-hybridized carbons (Fsp3) is 0.368. The Hall–Kier alpha value is -2.56. The van der Waals surface area contributed by atoms with Crippen LogP contribution in [0.5, 0.6) is 5.75 Å². The van der Waals surface area contributed by atoms with Gasteiger partial charge in [0.2, 0.25) is 6.29 Å². The Morgan fingerprint density at radius 2 is 1.79 bits per heavy atom. The minimum Gasteiger partial charge on any atom is -0.464 e. The van der Waals surface area contributed by atoms with E-state index in [9.17, 15) is 25.2 Å². The van der Waals surface area contributed by atoms with Gasteiger partial charge in [-0.15, -0.1) is 0 Å². The van der Waals surface area contributed by atoms with E-state index in [1.165, 1.54) is 13.3 Å². The molecule has 1 saturated heterocycles. The van der Waals surface area contributed by atoms with Gasteiger partial charge in [0.15, 0.2) is 0 Å². The Morgan fingerprint density at radius 1 is 1.07 bits per heavy atom. The Morgan fingerprint density at radius 3 is 2.43 bits per heavy atom. The molecule has 1 aromatic carbocycles. The Labute approximate surface area is 160 Å². The Kier molecular flexibility index (Phi) is 6.22. The molecular formula is C19H21NO8. The number of pyridine rings is 1. The average Bonchev–Trinajstić information content (AvgIpc) is 2.74. The molecule has 1 aliphatic heterocycles. The average molecular weight is 391 g/mol. The predicted octanol–water partition coefficient (Wildman–Crippen LogP) is -0.286. The maximum Gasteiger partial charge on any atom is 0.356 e. The van der Waals surface area contributed by atoms with Crippen molar-refractivity contribution in [1.82, 2.24) is 4.98 Å². The molecule has 0 aliphatic carbocycles. The van der Waals surface area contributed by atoms with E-state index in [0.717, 1.165) is 11.1 Å². The highest BCUT2D eigenvalue weighted by atomic mass is 16.7. The molecule has 2 heterocycles. The lowest BCUT2D eigenvalue weighted by molar-refractivity contribution is -0.277. The van der Waals surface area contributed by atoms with Crippen LogP contribution < -0.4 is 4.74 Å². The van der Waals surface area contributed by atoms with Crippen LogP contribution >= 0.6 is 0 Å². The number of esters is 1. The van der Waals surface area contributed by atoms with Crippen molar-refractivity contribution >= 4 is 5.97 Å². The van der Waals surface area contributed by atoms with Crippen molar-refractivity contribution in [2.75, 3.05) is 13.7 Å². The van der Waals surface area contributed by atoms with Crippen LogP contribution in [-0.2, 0) is 9.47 Å². The summed E-state index contributed by atoms with van der Waals surface area (Å²) < 4.78 is 15.5. The van der Waals surface area contributed by atoms with E-state index in [2.05, 4.69) is 9.72 Å². The summed E-state index contributed by atoms with van der Waals surface area (Å²) >= 11 is 0. The van der Waals surface area contributed by atoms with Crippen molar-refractivity contribution in [3.63, 3.8) is 0 Å². The first kappa shape index (κ1) is 20.2. The van der Waals surface area contributed by atoms with Crippen molar-refractivity contribution in [3.8, 4) is 16.9 Å². The number of methoxy groups -OCH3 is 1. The molecule has 0 unspecified atom stereocenters. The second-order valence-corrected chi connectivity index (χ2v) is 6.26. The van der Waals surface area contributed by atoms with Gasteiger partial charge in [-0.1, -0.05) is 12.1 Å². The van der Waals surface area contributed by atoms with Crippen LogP contribution in [0.3, 0.4) is 0 Å². The molecule has 1 aromatic heterocycles. The highest BCUT2D eigenvalue weighted by Gasteiger charge is 2.44. The van der Waals surface area contributed by atoms with E-state index in [-0.39, 0.29) is 5.69 Å². The smallest absolute Gasteiger partial charge is 0.356 e. The zero-order valence-corrected chi connectivity index (χ0v) is 15.0. The minimum absolute atomic E-state index is 0.182. The Balaban J connectivity index is 1.74. The first-order valence-corrected chi connectivity index (χ1v) is 8.56. The third kappa shape index (κ3) is 4.13. The minimum atomic E-state index is -1.51. The number of nitrogens with zero attached hydrogens (tertiary/aromatic N) is 1. The first-order chi connectivity index (χ1) is 13.4. The molecule has 28 heavy (non-hydrogen) atoms. The number of carbonyl (C=O) groups excluding carboxylic acids is 1. The van der Waals surface area contributed by atoms with E-state index >= 15 is 0 Å². The molecule has 150 valence electrons. The molecule has 0 bridgehead atoms. The quantitative estimate of drug-likeness (QED) is 0.507. The number of hydrogen-bond acceptors (Lipinski definition) is 9. The highest BCUT2D eigenvalue weighted by Crippen LogP contribution is 2.27. The standard InChI is InChI=1S/C19H21NO8/c1-26-18(25)13-8-11(6-7-20-13)10-2-4-12(5-3-10)27-19-17(24)16(23)15(22)14(9-21)28-19/h2-8,14-17,19,21-24H,9H2,1H3/t14-,15-,16-,17-,19+/m1/s1. The summed E-state index contributed by atoms with van der Waals surface area (Å²) in [7, 11) is 1.28. The van der Waals surface area contributed by atoms with Crippen LogP contribution in [0.1, 0.15) is 10.5 Å². The van der Waals surface area contributed by atoms with Gasteiger partial charge in [0.1, 0.15) is 35.9 Å². The van der Waals surface area contributed by atoms with E-state index in [1.54, 1.807) is 36.4 Å². The zero-order valence-electron chi connectivity index (χ0n) is 15.0. The molecule has 4 N–H and O–H groups in total. The van der Waals surface area contributed by atoms with Crippen LogP contribution in [0, 0.1) is 0 Å². The number of benzene rings is 1. The highest BCUT2D eigenvalue weighted by molar-refractivity contribution is 5.88. The fourth-order valence-corrected chi connectivity index (χ4v) is 2.85. The predicted molar refractivity (Wildman–Crippen MR) is 95.4 cm³/mol. The van der Waals surface area contributed by atoms with E-state index in [4.69, 9.17) is 9.47 Å². The fourth-order valence-electron chi connectivity index (χ4n) is 2.85. The second kappa shape index (κ2) is 8.63. The summed E-state index contributed by atoms with van der Waals surface area (Å²) in [6.07, 6.45) is -5.24. The summed E-state index contributed by atoms with van der Waals surface area (Å²) in [6, 6.07) is 10.0. The number of ether oxygens (including phenoxy) is 3. The molecule has 9 nitrogen and oxygen atoms in total. The SMILES string of the molecule is COC(=O)c1cc(-c2ccc(O[C@H]3O[C@H](CO)[C@@H](O)[C@@H](O)[C@H]3O)cc2)ccn1. The molecule has 0 saturated carbocycles. The molecule has 0 amide bonds. The zero-order chi connectivity index (χ0) is 20.3. The molecule has 2 aromatic rings. The summed E-state index contributed by atoms with van der Waals surface area (Å²) in [5, 5.41) is 38.9. The normalized spacial score (nSPS) is 27.2. The molecule has 1 aliphatic rings. The van der Waals surface area contributed by atoms with E-state index < -0.39 is 43.3 Å². The number of rotatable bonds is 5. The first-order valence-electron chi connectivity index (χ1n) is 8.56. The van der Waals surface area contributed by atoms with Crippen molar-refractivity contribution in [2.24, 2.45) is 0 Å². The molecule has 5 atom stereocenters. The number of hydrogen-bond donors (Lipinski definition) is 4. The molecular weight excluding hydrogens is 370 g/mol.